The molecule has 10 heavy (non-hydrogen) atoms. The number of amidine groups is 1. The molecule has 0 aromatic heterocycles. The first-order valence-corrected chi connectivity index (χ1v) is 3.64. The summed E-state index contributed by atoms with van der Waals surface area (Å²) in [5, 5.41) is 6.95. The van der Waals surface area contributed by atoms with Gasteiger partial charge < -0.3 is 7.80 Å². The zero-order valence-corrected chi connectivity index (χ0v) is 8.01. The van der Waals surface area contributed by atoms with Gasteiger partial charge in [0.25, 0.3) is 0 Å². The van der Waals surface area contributed by atoms with Crippen LogP contribution in [0.1, 0.15) is 13.8 Å². The molecule has 0 bridgehead atoms. The van der Waals surface area contributed by atoms with Gasteiger partial charge in [-0.25, -0.2) is 5.41 Å². The summed E-state index contributed by atoms with van der Waals surface area (Å²) in [4.78, 5) is 3.63. The Kier molecular flexibility index (Phi) is 5.27. The van der Waals surface area contributed by atoms with E-state index in [1.807, 2.05) is 6.92 Å². The SMILES string of the molecule is CCO/C(C)=N/C(=N)OI. The van der Waals surface area contributed by atoms with Crippen molar-refractivity contribution in [1.29, 1.82) is 5.41 Å². The van der Waals surface area contributed by atoms with Crippen LogP contribution in [0.25, 0.3) is 0 Å². The Morgan fingerprint density at radius 1 is 1.70 bits per heavy atom. The summed E-state index contributed by atoms with van der Waals surface area (Å²) in [7, 11) is 0. The second-order valence-corrected chi connectivity index (χ2v) is 1.89. The molecular formula is C5H9IN2O2. The van der Waals surface area contributed by atoms with Crippen LogP contribution in [0, 0.1) is 5.41 Å². The quantitative estimate of drug-likeness (QED) is 0.441. The molecular weight excluding hydrogens is 247 g/mol. The Bertz CT molecular complexity index is 147. The molecule has 5 heteroatoms. The second-order valence-electron chi connectivity index (χ2n) is 1.45. The van der Waals surface area contributed by atoms with Crippen molar-refractivity contribution in [2.45, 2.75) is 13.8 Å². The zero-order chi connectivity index (χ0) is 7.98. The van der Waals surface area contributed by atoms with Gasteiger partial charge in [0.1, 0.15) is 0 Å². The van der Waals surface area contributed by atoms with Crippen molar-refractivity contribution in [2.75, 3.05) is 6.61 Å². The minimum absolute atomic E-state index is 0.147. The highest BCUT2D eigenvalue weighted by atomic mass is 127. The fraction of sp³-hybridized carbons (Fsp3) is 0.600. The smallest absolute Gasteiger partial charge is 0.321 e. The number of aliphatic imine (C=N–C) groups is 1. The summed E-state index contributed by atoms with van der Waals surface area (Å²) < 4.78 is 9.39. The Morgan fingerprint density at radius 3 is 2.70 bits per heavy atom. The van der Waals surface area contributed by atoms with Crippen molar-refractivity contribution in [3.05, 3.63) is 0 Å². The van der Waals surface area contributed by atoms with E-state index in [2.05, 4.69) is 8.06 Å². The van der Waals surface area contributed by atoms with Gasteiger partial charge in [-0.05, 0) is 6.92 Å². The molecule has 0 spiro atoms. The lowest BCUT2D eigenvalue weighted by Gasteiger charge is -1.99. The number of rotatable bonds is 1. The Balaban J connectivity index is 3.77. The molecule has 0 unspecified atom stereocenters. The first kappa shape index (κ1) is 9.67. The summed E-state index contributed by atoms with van der Waals surface area (Å²) in [6, 6.07) is -0.147. The molecule has 0 aromatic rings. The van der Waals surface area contributed by atoms with E-state index < -0.39 is 0 Å². The van der Waals surface area contributed by atoms with Gasteiger partial charge in [0.15, 0.2) is 28.9 Å². The van der Waals surface area contributed by atoms with Gasteiger partial charge >= 0.3 is 6.02 Å². The summed E-state index contributed by atoms with van der Waals surface area (Å²) >= 11 is 1.59. The van der Waals surface area contributed by atoms with Crippen molar-refractivity contribution in [3.63, 3.8) is 0 Å². The molecule has 0 aliphatic heterocycles. The fourth-order valence-corrected chi connectivity index (χ4v) is 0.500. The predicted molar refractivity (Wildman–Crippen MR) is 47.6 cm³/mol. The second kappa shape index (κ2) is 5.45. The van der Waals surface area contributed by atoms with E-state index in [4.69, 9.17) is 10.1 Å². The standard InChI is InChI=1S/C5H9IN2O2/c1-3-9-4(2)8-5(7)10-6/h7H,3H2,1-2H3/b7-5?,8-4+. The van der Waals surface area contributed by atoms with Crippen molar-refractivity contribution in [2.24, 2.45) is 4.99 Å². The maximum Gasteiger partial charge on any atom is 0.321 e. The largest absolute Gasteiger partial charge is 0.481 e. The lowest BCUT2D eigenvalue weighted by atomic mass is 10.7. The van der Waals surface area contributed by atoms with Gasteiger partial charge in [-0.2, -0.15) is 4.99 Å². The molecule has 0 aromatic carbocycles. The molecule has 0 rings (SSSR count). The molecule has 1 N–H and O–H groups in total. The van der Waals surface area contributed by atoms with E-state index in [1.54, 1.807) is 29.9 Å². The van der Waals surface area contributed by atoms with Crippen LogP contribution in [0.3, 0.4) is 0 Å². The van der Waals surface area contributed by atoms with Gasteiger partial charge in [0, 0.05) is 6.92 Å². The summed E-state index contributed by atoms with van der Waals surface area (Å²) in [5.74, 6) is 0.448. The Labute approximate surface area is 73.8 Å². The highest BCUT2D eigenvalue weighted by Gasteiger charge is 1.93. The number of nitrogens with zero attached hydrogens (tertiary/aromatic N) is 1. The molecule has 0 aliphatic carbocycles. The van der Waals surface area contributed by atoms with E-state index in [9.17, 15) is 0 Å². The van der Waals surface area contributed by atoms with Crippen LogP contribution in [0.5, 0.6) is 0 Å². The van der Waals surface area contributed by atoms with E-state index in [1.165, 1.54) is 0 Å². The predicted octanol–water partition coefficient (Wildman–Crippen LogP) is 1.74. The number of nitrogens with one attached hydrogen (secondary N) is 1. The van der Waals surface area contributed by atoms with Crippen LogP contribution in [-0.2, 0) is 7.80 Å². The van der Waals surface area contributed by atoms with E-state index in [0.717, 1.165) is 0 Å². The fourth-order valence-electron chi connectivity index (χ4n) is 0.401. The third-order valence-electron chi connectivity index (χ3n) is 0.685. The van der Waals surface area contributed by atoms with E-state index in [0.29, 0.717) is 12.5 Å². The summed E-state index contributed by atoms with van der Waals surface area (Å²) in [5.41, 5.74) is 0. The van der Waals surface area contributed by atoms with Crippen molar-refractivity contribution >= 4 is 34.9 Å². The van der Waals surface area contributed by atoms with Crippen molar-refractivity contribution < 1.29 is 7.80 Å². The number of hydrogen-bond donors (Lipinski definition) is 1. The number of halogens is 1. The van der Waals surface area contributed by atoms with E-state index in [-0.39, 0.29) is 6.02 Å². The minimum atomic E-state index is -0.147. The Hall–Kier alpha value is -0.330. The van der Waals surface area contributed by atoms with Crippen LogP contribution in [0.4, 0.5) is 0 Å². The molecule has 0 aliphatic rings. The average molecular weight is 256 g/mol. The molecule has 0 atom stereocenters. The third-order valence-corrected chi connectivity index (χ3v) is 1.10. The van der Waals surface area contributed by atoms with Gasteiger partial charge in [-0.3, -0.25) is 0 Å². The van der Waals surface area contributed by atoms with Crippen molar-refractivity contribution in [1.82, 2.24) is 0 Å². The normalized spacial score (nSPS) is 10.9. The van der Waals surface area contributed by atoms with Crippen LogP contribution >= 0.6 is 23.0 Å². The maximum absolute atomic E-state index is 6.95. The minimum Gasteiger partial charge on any atom is -0.481 e. The van der Waals surface area contributed by atoms with Gasteiger partial charge in [-0.1, -0.05) is 0 Å². The monoisotopic (exact) mass is 256 g/mol. The Morgan fingerprint density at radius 2 is 2.30 bits per heavy atom. The first-order valence-electron chi connectivity index (χ1n) is 2.76. The van der Waals surface area contributed by atoms with Crippen LogP contribution < -0.4 is 0 Å². The lowest BCUT2D eigenvalue weighted by molar-refractivity contribution is 0.324. The molecule has 0 saturated carbocycles. The highest BCUT2D eigenvalue weighted by Crippen LogP contribution is 1.91. The lowest BCUT2D eigenvalue weighted by Crippen LogP contribution is -2.02. The third kappa shape index (κ3) is 4.54. The number of ether oxygens (including phenoxy) is 1. The van der Waals surface area contributed by atoms with Crippen molar-refractivity contribution in [3.8, 4) is 0 Å². The molecule has 0 fully saturated rings. The first-order chi connectivity index (χ1) is 4.70. The average Bonchev–Trinajstić information content (AvgIpc) is 1.88. The van der Waals surface area contributed by atoms with Gasteiger partial charge in [-0.15, -0.1) is 0 Å². The van der Waals surface area contributed by atoms with Gasteiger partial charge in [0.05, 0.1) is 6.61 Å². The summed E-state index contributed by atoms with van der Waals surface area (Å²) in [6.07, 6.45) is 0. The van der Waals surface area contributed by atoms with Gasteiger partial charge in [0.2, 0.25) is 0 Å². The molecule has 0 amide bonds. The van der Waals surface area contributed by atoms with Crippen LogP contribution in [0.2, 0.25) is 0 Å². The molecule has 0 saturated heterocycles. The van der Waals surface area contributed by atoms with Crippen LogP contribution in [-0.4, -0.2) is 18.5 Å². The maximum atomic E-state index is 6.95. The molecule has 4 nitrogen and oxygen atoms in total. The highest BCUT2D eigenvalue weighted by molar-refractivity contribution is 14.1. The topological polar surface area (TPSA) is 54.7 Å². The molecule has 58 valence electrons. The molecule has 0 radical (unpaired) electrons. The summed E-state index contributed by atoms with van der Waals surface area (Å²) in [6.45, 7) is 4.09. The molecule has 0 heterocycles. The number of hydrogen-bond acceptors (Lipinski definition) is 3. The van der Waals surface area contributed by atoms with Crippen LogP contribution in [0.15, 0.2) is 4.99 Å². The van der Waals surface area contributed by atoms with E-state index >= 15 is 0 Å². The zero-order valence-electron chi connectivity index (χ0n) is 5.85.